The van der Waals surface area contributed by atoms with Crippen LogP contribution in [-0.4, -0.2) is 28.3 Å². The molecule has 1 fully saturated rings. The molecule has 3 atom stereocenters. The summed E-state index contributed by atoms with van der Waals surface area (Å²) >= 11 is 2.41. The maximum Gasteiger partial charge on any atom is 0.227 e. The van der Waals surface area contributed by atoms with Gasteiger partial charge in [-0.2, -0.15) is 0 Å². The Bertz CT molecular complexity index is 385. The van der Waals surface area contributed by atoms with Crippen LogP contribution in [0, 0.1) is 23.2 Å². The van der Waals surface area contributed by atoms with Gasteiger partial charge in [0.1, 0.15) is 0 Å². The lowest BCUT2D eigenvalue weighted by Crippen LogP contribution is -2.41. The number of hydrogen-bond donors (Lipinski definition) is 0. The van der Waals surface area contributed by atoms with Gasteiger partial charge in [-0.1, -0.05) is 55.5 Å². The van der Waals surface area contributed by atoms with Gasteiger partial charge in [0, 0.05) is 22.9 Å². The van der Waals surface area contributed by atoms with Crippen molar-refractivity contribution < 1.29 is 4.79 Å². The molecule has 0 aromatic heterocycles. The maximum absolute atomic E-state index is 12.6. The first-order valence-electron chi connectivity index (χ1n) is 8.44. The molecule has 0 heterocycles. The second kappa shape index (κ2) is 7.47. The molecule has 0 bridgehead atoms. The van der Waals surface area contributed by atoms with Crippen molar-refractivity contribution in [3.05, 3.63) is 12.2 Å². The number of nitrogens with zero attached hydrogens (tertiary/aromatic N) is 1. The molecule has 3 heteroatoms. The van der Waals surface area contributed by atoms with E-state index in [0.29, 0.717) is 5.91 Å². The Labute approximate surface area is 143 Å². The van der Waals surface area contributed by atoms with Crippen molar-refractivity contribution in [2.24, 2.45) is 23.2 Å². The molecule has 0 spiro atoms. The molecular weight excluding hydrogens is 373 g/mol. The van der Waals surface area contributed by atoms with E-state index in [1.165, 1.54) is 25.7 Å². The van der Waals surface area contributed by atoms with Crippen LogP contribution in [0.15, 0.2) is 12.2 Å². The molecule has 2 aliphatic rings. The summed E-state index contributed by atoms with van der Waals surface area (Å²) in [6.45, 7) is 8.07. The summed E-state index contributed by atoms with van der Waals surface area (Å²) in [5.41, 5.74) is -0.247. The number of alkyl halides is 1. The summed E-state index contributed by atoms with van der Waals surface area (Å²) in [5, 5.41) is 0. The zero-order chi connectivity index (χ0) is 15.5. The molecule has 0 radical (unpaired) electrons. The molecule has 2 aliphatic carbocycles. The van der Waals surface area contributed by atoms with Gasteiger partial charge in [-0.05, 0) is 49.9 Å². The normalized spacial score (nSPS) is 28.5. The van der Waals surface area contributed by atoms with Crippen molar-refractivity contribution in [1.29, 1.82) is 0 Å². The fourth-order valence-electron chi connectivity index (χ4n) is 3.55. The van der Waals surface area contributed by atoms with Gasteiger partial charge in [0.05, 0.1) is 0 Å². The van der Waals surface area contributed by atoms with Crippen molar-refractivity contribution >= 4 is 28.5 Å². The van der Waals surface area contributed by atoms with Crippen LogP contribution in [0.5, 0.6) is 0 Å². The van der Waals surface area contributed by atoms with Crippen molar-refractivity contribution in [3.63, 3.8) is 0 Å². The fraction of sp³-hybridized carbons (Fsp3) is 0.833. The summed E-state index contributed by atoms with van der Waals surface area (Å²) in [4.78, 5) is 14.8. The van der Waals surface area contributed by atoms with E-state index >= 15 is 0 Å². The minimum atomic E-state index is -0.247. The number of rotatable bonds is 6. The fourth-order valence-corrected chi connectivity index (χ4v) is 3.89. The highest BCUT2D eigenvalue weighted by molar-refractivity contribution is 14.1. The Kier molecular flexibility index (Phi) is 6.15. The minimum absolute atomic E-state index is 0.247. The van der Waals surface area contributed by atoms with E-state index in [2.05, 4.69) is 39.6 Å². The molecule has 0 saturated heterocycles. The van der Waals surface area contributed by atoms with Crippen molar-refractivity contribution in [2.75, 3.05) is 17.5 Å². The van der Waals surface area contributed by atoms with E-state index in [0.717, 1.165) is 41.7 Å². The molecule has 0 N–H and O–H groups in total. The van der Waals surface area contributed by atoms with Crippen LogP contribution in [0.2, 0.25) is 0 Å². The van der Waals surface area contributed by atoms with Gasteiger partial charge in [-0.3, -0.25) is 4.79 Å². The second-order valence-electron chi connectivity index (χ2n) is 7.75. The Morgan fingerprint density at radius 1 is 1.33 bits per heavy atom. The zero-order valence-electron chi connectivity index (χ0n) is 13.8. The van der Waals surface area contributed by atoms with E-state index in [4.69, 9.17) is 0 Å². The third kappa shape index (κ3) is 4.97. The molecule has 2 rings (SSSR count). The average molecular weight is 403 g/mol. The Balaban J connectivity index is 1.88. The van der Waals surface area contributed by atoms with Crippen LogP contribution in [-0.2, 0) is 4.79 Å². The maximum atomic E-state index is 12.6. The van der Waals surface area contributed by atoms with Gasteiger partial charge < -0.3 is 4.90 Å². The number of hydrogen-bond acceptors (Lipinski definition) is 1. The highest BCUT2D eigenvalue weighted by Gasteiger charge is 2.44. The first-order valence-corrected chi connectivity index (χ1v) is 9.96. The number of halogens is 1. The van der Waals surface area contributed by atoms with E-state index in [-0.39, 0.29) is 5.41 Å². The summed E-state index contributed by atoms with van der Waals surface area (Å²) < 4.78 is 1.13. The van der Waals surface area contributed by atoms with Gasteiger partial charge >= 0.3 is 0 Å². The average Bonchev–Trinajstić information content (AvgIpc) is 3.22. The Morgan fingerprint density at radius 2 is 2.10 bits per heavy atom. The summed E-state index contributed by atoms with van der Waals surface area (Å²) in [7, 11) is 0. The van der Waals surface area contributed by atoms with Gasteiger partial charge in [-0.15, -0.1) is 0 Å². The van der Waals surface area contributed by atoms with Crippen LogP contribution in [0.1, 0.15) is 52.9 Å². The molecule has 0 aromatic carbocycles. The molecule has 3 unspecified atom stereocenters. The first kappa shape index (κ1) is 17.3. The van der Waals surface area contributed by atoms with Crippen molar-refractivity contribution in [3.8, 4) is 0 Å². The summed E-state index contributed by atoms with van der Waals surface area (Å²) in [5.74, 6) is 2.87. The van der Waals surface area contributed by atoms with Crippen molar-refractivity contribution in [2.45, 2.75) is 52.9 Å². The highest BCUT2D eigenvalue weighted by Crippen LogP contribution is 2.48. The first-order chi connectivity index (χ1) is 9.93. The van der Waals surface area contributed by atoms with Gasteiger partial charge in [-0.25, -0.2) is 0 Å². The molecule has 1 saturated carbocycles. The highest BCUT2D eigenvalue weighted by atomic mass is 127. The molecule has 1 amide bonds. The predicted molar refractivity (Wildman–Crippen MR) is 97.6 cm³/mol. The van der Waals surface area contributed by atoms with Gasteiger partial charge in [0.15, 0.2) is 0 Å². The Morgan fingerprint density at radius 3 is 2.67 bits per heavy atom. The lowest BCUT2D eigenvalue weighted by atomic mass is 9.89. The molecular formula is C18H30INO. The zero-order valence-corrected chi connectivity index (χ0v) is 15.9. The molecule has 120 valence electrons. The molecule has 21 heavy (non-hydrogen) atoms. The van der Waals surface area contributed by atoms with Crippen LogP contribution < -0.4 is 0 Å². The third-order valence-corrected chi connectivity index (χ3v) is 5.60. The predicted octanol–water partition coefficient (Wildman–Crippen LogP) is 4.68. The minimum Gasteiger partial charge on any atom is -0.342 e. The third-order valence-electron chi connectivity index (χ3n) is 4.84. The van der Waals surface area contributed by atoms with Gasteiger partial charge in [0.25, 0.3) is 0 Å². The standard InChI is InChI=1S/C18H30INO/c1-18(2,3)17(21)20(11-7-10-19)13-15-12-16(15)14-8-5-4-6-9-14/h4-5,14-16H,6-13H2,1-3H3. The quantitative estimate of drug-likeness (QED) is 0.358. The molecule has 0 aliphatic heterocycles. The van der Waals surface area contributed by atoms with Crippen LogP contribution >= 0.6 is 22.6 Å². The molecule has 2 nitrogen and oxygen atoms in total. The van der Waals surface area contributed by atoms with E-state index in [1.807, 2.05) is 20.8 Å². The largest absolute Gasteiger partial charge is 0.342 e. The topological polar surface area (TPSA) is 20.3 Å². The van der Waals surface area contributed by atoms with E-state index in [9.17, 15) is 4.79 Å². The Hall–Kier alpha value is -0.0600. The van der Waals surface area contributed by atoms with Crippen LogP contribution in [0.3, 0.4) is 0 Å². The monoisotopic (exact) mass is 403 g/mol. The van der Waals surface area contributed by atoms with E-state index < -0.39 is 0 Å². The second-order valence-corrected chi connectivity index (χ2v) is 8.83. The van der Waals surface area contributed by atoms with Crippen LogP contribution in [0.25, 0.3) is 0 Å². The SMILES string of the molecule is CC(C)(C)C(=O)N(CCCI)CC1CC1C1CC=CCC1. The lowest BCUT2D eigenvalue weighted by molar-refractivity contribution is -0.139. The van der Waals surface area contributed by atoms with Gasteiger partial charge in [0.2, 0.25) is 5.91 Å². The van der Waals surface area contributed by atoms with Crippen LogP contribution in [0.4, 0.5) is 0 Å². The number of carbonyl (C=O) groups excluding carboxylic acids is 1. The smallest absolute Gasteiger partial charge is 0.227 e. The van der Waals surface area contributed by atoms with Crippen molar-refractivity contribution in [1.82, 2.24) is 4.90 Å². The summed E-state index contributed by atoms with van der Waals surface area (Å²) in [6.07, 6.45) is 11.0. The number of allylic oxidation sites excluding steroid dienone is 2. The number of carbonyl (C=O) groups is 1. The number of amides is 1. The lowest BCUT2D eigenvalue weighted by Gasteiger charge is -2.30. The summed E-state index contributed by atoms with van der Waals surface area (Å²) in [6, 6.07) is 0. The van der Waals surface area contributed by atoms with E-state index in [1.54, 1.807) is 0 Å². The molecule has 0 aromatic rings.